The van der Waals surface area contributed by atoms with Gasteiger partial charge in [0.15, 0.2) is 6.61 Å². The lowest BCUT2D eigenvalue weighted by Crippen LogP contribution is -2.30. The van der Waals surface area contributed by atoms with Crippen molar-refractivity contribution in [1.29, 1.82) is 0 Å². The van der Waals surface area contributed by atoms with Crippen LogP contribution in [0.25, 0.3) is 6.08 Å². The Balaban J connectivity index is 1.70. The zero-order valence-corrected chi connectivity index (χ0v) is 15.7. The molecule has 0 spiro atoms. The zero-order chi connectivity index (χ0) is 21.3. The summed E-state index contributed by atoms with van der Waals surface area (Å²) in [6.45, 7) is 1.99. The van der Waals surface area contributed by atoms with Gasteiger partial charge in [-0.2, -0.15) is 0 Å². The number of amides is 1. The molecule has 2 aromatic carbocycles. The Hall–Kier alpha value is -3.29. The monoisotopic (exact) mass is 407 g/mol. The molecule has 0 saturated carbocycles. The van der Waals surface area contributed by atoms with E-state index in [0.29, 0.717) is 18.5 Å². The molecule has 0 radical (unpaired) electrons. The number of benzene rings is 2. The molecular weight excluding hydrogens is 387 g/mol. The highest BCUT2D eigenvalue weighted by molar-refractivity contribution is 5.89. The molecule has 29 heavy (non-hydrogen) atoms. The van der Waals surface area contributed by atoms with E-state index in [0.717, 1.165) is 29.3 Å². The van der Waals surface area contributed by atoms with Gasteiger partial charge < -0.3 is 14.8 Å². The number of alkyl halides is 3. The predicted octanol–water partition coefficient (Wildman–Crippen LogP) is 3.81. The summed E-state index contributed by atoms with van der Waals surface area (Å²) in [5.74, 6) is -1.52. The fraction of sp³-hybridized carbons (Fsp3) is 0.238. The molecule has 0 saturated heterocycles. The number of aryl methyl sites for hydroxylation is 1. The third-order valence-corrected chi connectivity index (χ3v) is 3.85. The van der Waals surface area contributed by atoms with E-state index in [-0.39, 0.29) is 5.75 Å². The summed E-state index contributed by atoms with van der Waals surface area (Å²) in [5, 5.41) is 2.67. The van der Waals surface area contributed by atoms with Gasteiger partial charge in [-0.25, -0.2) is 4.79 Å². The summed E-state index contributed by atoms with van der Waals surface area (Å²) in [4.78, 5) is 23.4. The lowest BCUT2D eigenvalue weighted by molar-refractivity contribution is -0.274. The Labute approximate surface area is 166 Å². The number of carbonyl (C=O) groups excluding carboxylic acids is 2. The second kappa shape index (κ2) is 10.3. The maximum absolute atomic E-state index is 12.1. The fourth-order valence-corrected chi connectivity index (χ4v) is 2.41. The molecular formula is C21H20F3NO4. The maximum Gasteiger partial charge on any atom is 0.573 e. The van der Waals surface area contributed by atoms with Crippen LogP contribution >= 0.6 is 0 Å². The minimum atomic E-state index is -4.76. The highest BCUT2D eigenvalue weighted by Gasteiger charge is 2.30. The van der Waals surface area contributed by atoms with Crippen molar-refractivity contribution in [3.63, 3.8) is 0 Å². The Morgan fingerprint density at radius 3 is 2.41 bits per heavy atom. The number of carbonyl (C=O) groups is 2. The molecule has 2 rings (SSSR count). The molecule has 154 valence electrons. The van der Waals surface area contributed by atoms with E-state index in [2.05, 4.69) is 10.1 Å². The minimum Gasteiger partial charge on any atom is -0.452 e. The van der Waals surface area contributed by atoms with Crippen molar-refractivity contribution in [1.82, 2.24) is 5.32 Å². The lowest BCUT2D eigenvalue weighted by Gasteiger charge is -2.08. The topological polar surface area (TPSA) is 64.6 Å². The van der Waals surface area contributed by atoms with E-state index in [1.54, 1.807) is 0 Å². The Kier molecular flexibility index (Phi) is 7.82. The molecule has 0 aliphatic heterocycles. The number of hydrogen-bond acceptors (Lipinski definition) is 4. The smallest absolute Gasteiger partial charge is 0.452 e. The van der Waals surface area contributed by atoms with Crippen LogP contribution < -0.4 is 10.1 Å². The van der Waals surface area contributed by atoms with Crippen LogP contribution in [0, 0.1) is 6.92 Å². The number of hydrogen-bond donors (Lipinski definition) is 1. The molecule has 0 fully saturated rings. The molecule has 0 aliphatic carbocycles. The Bertz CT molecular complexity index is 861. The van der Waals surface area contributed by atoms with Gasteiger partial charge >= 0.3 is 12.3 Å². The molecule has 2 aromatic rings. The second-order valence-corrected chi connectivity index (χ2v) is 6.08. The molecule has 0 atom stereocenters. The minimum absolute atomic E-state index is 0.361. The number of halogens is 3. The van der Waals surface area contributed by atoms with Gasteiger partial charge in [0.05, 0.1) is 0 Å². The van der Waals surface area contributed by atoms with Gasteiger partial charge in [0, 0.05) is 12.6 Å². The van der Waals surface area contributed by atoms with E-state index in [1.807, 2.05) is 31.2 Å². The first-order chi connectivity index (χ1) is 13.7. The summed E-state index contributed by atoms with van der Waals surface area (Å²) in [6, 6.07) is 12.8. The highest BCUT2D eigenvalue weighted by Crippen LogP contribution is 2.22. The molecule has 1 N–H and O–H groups in total. The molecule has 0 bridgehead atoms. The lowest BCUT2D eigenvalue weighted by atomic mass is 10.1. The average molecular weight is 407 g/mol. The summed E-state index contributed by atoms with van der Waals surface area (Å²) in [5.41, 5.74) is 2.73. The van der Waals surface area contributed by atoms with E-state index in [4.69, 9.17) is 4.74 Å². The number of nitrogens with one attached hydrogen (secondary N) is 1. The van der Waals surface area contributed by atoms with Gasteiger partial charge in [-0.1, -0.05) is 36.4 Å². The SMILES string of the molecule is Cc1ccccc1CCNC(=O)COC(=O)/C=C/c1ccc(OC(F)(F)F)cc1. The molecule has 8 heteroatoms. The molecule has 0 unspecified atom stereocenters. The normalized spacial score (nSPS) is 11.3. The van der Waals surface area contributed by atoms with Crippen LogP contribution in [-0.2, 0) is 20.7 Å². The van der Waals surface area contributed by atoms with Gasteiger partial charge in [-0.3, -0.25) is 4.79 Å². The predicted molar refractivity (Wildman–Crippen MR) is 101 cm³/mol. The van der Waals surface area contributed by atoms with Crippen LogP contribution in [0.5, 0.6) is 5.75 Å². The van der Waals surface area contributed by atoms with Crippen molar-refractivity contribution in [2.45, 2.75) is 19.7 Å². The second-order valence-electron chi connectivity index (χ2n) is 6.08. The van der Waals surface area contributed by atoms with Crippen LogP contribution in [-0.4, -0.2) is 31.4 Å². The number of esters is 1. The first-order valence-corrected chi connectivity index (χ1v) is 8.75. The van der Waals surface area contributed by atoms with E-state index >= 15 is 0 Å². The molecule has 0 aromatic heterocycles. The number of ether oxygens (including phenoxy) is 2. The van der Waals surface area contributed by atoms with E-state index in [9.17, 15) is 22.8 Å². The Morgan fingerprint density at radius 2 is 1.76 bits per heavy atom. The van der Waals surface area contributed by atoms with Crippen LogP contribution in [0.2, 0.25) is 0 Å². The summed E-state index contributed by atoms with van der Waals surface area (Å²) >= 11 is 0. The van der Waals surface area contributed by atoms with E-state index < -0.39 is 24.8 Å². The van der Waals surface area contributed by atoms with Gasteiger partial charge in [-0.05, 0) is 48.2 Å². The first-order valence-electron chi connectivity index (χ1n) is 8.75. The summed E-state index contributed by atoms with van der Waals surface area (Å²) in [6.07, 6.45) is -1.65. The van der Waals surface area contributed by atoms with Crippen molar-refractivity contribution in [2.75, 3.05) is 13.2 Å². The van der Waals surface area contributed by atoms with Crippen LogP contribution in [0.4, 0.5) is 13.2 Å². The molecule has 1 amide bonds. The maximum atomic E-state index is 12.1. The van der Waals surface area contributed by atoms with Gasteiger partial charge in [0.2, 0.25) is 0 Å². The van der Waals surface area contributed by atoms with Crippen molar-refractivity contribution >= 4 is 18.0 Å². The molecule has 5 nitrogen and oxygen atoms in total. The van der Waals surface area contributed by atoms with Crippen LogP contribution in [0.15, 0.2) is 54.6 Å². The molecule has 0 aliphatic rings. The number of rotatable bonds is 8. The molecule has 0 heterocycles. The van der Waals surface area contributed by atoms with Gasteiger partial charge in [0.1, 0.15) is 5.75 Å². The summed E-state index contributed by atoms with van der Waals surface area (Å²) in [7, 11) is 0. The third-order valence-electron chi connectivity index (χ3n) is 3.85. The van der Waals surface area contributed by atoms with Gasteiger partial charge in [-0.15, -0.1) is 13.2 Å². The van der Waals surface area contributed by atoms with Crippen molar-refractivity contribution in [3.8, 4) is 5.75 Å². The fourth-order valence-electron chi connectivity index (χ4n) is 2.41. The van der Waals surface area contributed by atoms with Crippen LogP contribution in [0.3, 0.4) is 0 Å². The summed E-state index contributed by atoms with van der Waals surface area (Å²) < 4.78 is 44.9. The van der Waals surface area contributed by atoms with Crippen molar-refractivity contribution < 1.29 is 32.2 Å². The van der Waals surface area contributed by atoms with Crippen molar-refractivity contribution in [3.05, 3.63) is 71.3 Å². The zero-order valence-electron chi connectivity index (χ0n) is 15.7. The highest BCUT2D eigenvalue weighted by atomic mass is 19.4. The van der Waals surface area contributed by atoms with Crippen molar-refractivity contribution in [2.24, 2.45) is 0 Å². The first kappa shape index (κ1) is 22.0. The third kappa shape index (κ3) is 8.50. The largest absolute Gasteiger partial charge is 0.573 e. The van der Waals surface area contributed by atoms with Gasteiger partial charge in [0.25, 0.3) is 5.91 Å². The van der Waals surface area contributed by atoms with E-state index in [1.165, 1.54) is 18.2 Å². The quantitative estimate of drug-likeness (QED) is 0.534. The standard InChI is InChI=1S/C21H20F3NO4/c1-15-4-2-3-5-17(15)12-13-25-19(26)14-28-20(27)11-8-16-6-9-18(10-7-16)29-21(22,23)24/h2-11H,12-14H2,1H3,(H,25,26)/b11-8+. The van der Waals surface area contributed by atoms with Crippen LogP contribution in [0.1, 0.15) is 16.7 Å². The Morgan fingerprint density at radius 1 is 1.07 bits per heavy atom. The average Bonchev–Trinajstić information content (AvgIpc) is 2.66.